The lowest BCUT2D eigenvalue weighted by atomic mass is 10.1. The van der Waals surface area contributed by atoms with Crippen LogP contribution >= 0.6 is 0 Å². The molecule has 0 saturated carbocycles. The number of hydrogen-bond donors (Lipinski definition) is 0. The topological polar surface area (TPSA) is 0 Å². The quantitative estimate of drug-likeness (QED) is 0.167. The monoisotopic (exact) mass is 240 g/mol. The molecule has 0 aliphatic carbocycles. The van der Waals surface area contributed by atoms with Crippen LogP contribution in [-0.4, -0.2) is 0 Å². The maximum absolute atomic E-state index is 3.72. The Bertz CT molecular complexity index is 376. The van der Waals surface area contributed by atoms with Gasteiger partial charge in [0, 0.05) is 5.57 Å². The van der Waals surface area contributed by atoms with E-state index in [1.807, 2.05) is 31.2 Å². The zero-order valence-corrected chi connectivity index (χ0v) is 11.5. The second-order valence-electron chi connectivity index (χ2n) is 4.00. The maximum atomic E-state index is 3.72. The molecule has 0 atom stereocenters. The fourth-order valence-corrected chi connectivity index (χ4v) is 1.44. The van der Waals surface area contributed by atoms with Crippen LogP contribution in [0.3, 0.4) is 0 Å². The third-order valence-corrected chi connectivity index (χ3v) is 2.41. The van der Waals surface area contributed by atoms with Gasteiger partial charge in [-0.3, -0.25) is 0 Å². The second kappa shape index (κ2) is 13.4. The highest BCUT2D eigenvalue weighted by Gasteiger charge is 1.88. The molecule has 0 aromatic heterocycles. The lowest BCUT2D eigenvalue weighted by Crippen LogP contribution is -1.77. The SMILES string of the molecule is C=CCCCCC=C=C/C=C(\C#CC)CCC=C. The molecule has 0 spiro atoms. The average molecular weight is 240 g/mol. The van der Waals surface area contributed by atoms with Gasteiger partial charge >= 0.3 is 0 Å². The molecule has 0 rings (SSSR count). The van der Waals surface area contributed by atoms with Crippen molar-refractivity contribution in [2.24, 2.45) is 0 Å². The van der Waals surface area contributed by atoms with Crippen molar-refractivity contribution in [2.45, 2.75) is 45.4 Å². The van der Waals surface area contributed by atoms with Gasteiger partial charge in [-0.15, -0.1) is 24.8 Å². The van der Waals surface area contributed by atoms with Crippen molar-refractivity contribution in [3.63, 3.8) is 0 Å². The van der Waals surface area contributed by atoms with Crippen molar-refractivity contribution in [2.75, 3.05) is 0 Å². The summed E-state index contributed by atoms with van der Waals surface area (Å²) in [7, 11) is 0. The van der Waals surface area contributed by atoms with E-state index in [2.05, 4.69) is 36.8 Å². The molecule has 0 fully saturated rings. The number of allylic oxidation sites excluding steroid dienone is 5. The summed E-state index contributed by atoms with van der Waals surface area (Å²) in [6.45, 7) is 9.30. The van der Waals surface area contributed by atoms with Crippen molar-refractivity contribution >= 4 is 0 Å². The molecule has 0 aliphatic rings. The lowest BCUT2D eigenvalue weighted by molar-refractivity contribution is 0.763. The molecule has 0 amide bonds. The molecule has 0 bridgehead atoms. The molecular formula is C18H24. The van der Waals surface area contributed by atoms with Crippen molar-refractivity contribution in [3.8, 4) is 11.8 Å². The van der Waals surface area contributed by atoms with Crippen molar-refractivity contribution in [3.05, 3.63) is 54.8 Å². The van der Waals surface area contributed by atoms with Crippen LogP contribution in [0.5, 0.6) is 0 Å². The van der Waals surface area contributed by atoms with E-state index in [0.29, 0.717) is 0 Å². The van der Waals surface area contributed by atoms with Crippen LogP contribution in [0, 0.1) is 11.8 Å². The van der Waals surface area contributed by atoms with Gasteiger partial charge in [0.2, 0.25) is 0 Å². The van der Waals surface area contributed by atoms with Crippen LogP contribution in [0.15, 0.2) is 54.8 Å². The highest BCUT2D eigenvalue weighted by Crippen LogP contribution is 2.04. The minimum atomic E-state index is 0.960. The summed E-state index contributed by atoms with van der Waals surface area (Å²) in [5, 5.41) is 0. The summed E-state index contributed by atoms with van der Waals surface area (Å²) >= 11 is 0. The molecule has 0 aromatic rings. The molecule has 0 unspecified atom stereocenters. The predicted molar refractivity (Wildman–Crippen MR) is 82.3 cm³/mol. The maximum Gasteiger partial charge on any atom is 0.00293 e. The van der Waals surface area contributed by atoms with E-state index >= 15 is 0 Å². The third kappa shape index (κ3) is 10.8. The molecule has 0 aliphatic heterocycles. The number of rotatable bonds is 9. The van der Waals surface area contributed by atoms with Gasteiger partial charge in [0.15, 0.2) is 0 Å². The molecule has 96 valence electrons. The van der Waals surface area contributed by atoms with Gasteiger partial charge in [-0.25, -0.2) is 0 Å². The highest BCUT2D eigenvalue weighted by molar-refractivity contribution is 5.31. The Morgan fingerprint density at radius 3 is 2.44 bits per heavy atom. The molecule has 0 N–H and O–H groups in total. The summed E-state index contributed by atoms with van der Waals surface area (Å²) in [4.78, 5) is 0. The molecule has 0 radical (unpaired) electrons. The zero-order chi connectivity index (χ0) is 13.5. The summed E-state index contributed by atoms with van der Waals surface area (Å²) in [5.41, 5.74) is 4.33. The van der Waals surface area contributed by atoms with Crippen LogP contribution in [0.25, 0.3) is 0 Å². The molecule has 0 aromatic carbocycles. The summed E-state index contributed by atoms with van der Waals surface area (Å²) < 4.78 is 0. The Kier molecular flexibility index (Phi) is 12.1. The zero-order valence-electron chi connectivity index (χ0n) is 11.5. The van der Waals surface area contributed by atoms with Gasteiger partial charge in [-0.05, 0) is 63.7 Å². The van der Waals surface area contributed by atoms with E-state index in [4.69, 9.17) is 0 Å². The fraction of sp³-hybridized carbons (Fsp3) is 0.389. The van der Waals surface area contributed by atoms with Crippen molar-refractivity contribution < 1.29 is 0 Å². The molecule has 0 saturated heterocycles. The normalized spacial score (nSPS) is 9.72. The first kappa shape index (κ1) is 16.3. The Morgan fingerprint density at radius 2 is 1.78 bits per heavy atom. The predicted octanol–water partition coefficient (Wildman–Crippen LogP) is 5.36. The van der Waals surface area contributed by atoms with E-state index in [0.717, 1.165) is 31.3 Å². The minimum absolute atomic E-state index is 0.960. The van der Waals surface area contributed by atoms with Gasteiger partial charge in [-0.1, -0.05) is 18.1 Å². The lowest BCUT2D eigenvalue weighted by Gasteiger charge is -1.93. The van der Waals surface area contributed by atoms with E-state index < -0.39 is 0 Å². The van der Waals surface area contributed by atoms with E-state index in [-0.39, 0.29) is 0 Å². The van der Waals surface area contributed by atoms with Gasteiger partial charge in [-0.2, -0.15) is 0 Å². The van der Waals surface area contributed by atoms with Crippen molar-refractivity contribution in [1.29, 1.82) is 0 Å². The summed E-state index contributed by atoms with van der Waals surface area (Å²) in [6.07, 6.45) is 16.5. The Balaban J connectivity index is 4.10. The van der Waals surface area contributed by atoms with E-state index in [1.54, 1.807) is 0 Å². The number of unbranched alkanes of at least 4 members (excludes halogenated alkanes) is 3. The molecule has 0 nitrogen and oxygen atoms in total. The highest BCUT2D eigenvalue weighted by atomic mass is 13.9. The smallest absolute Gasteiger partial charge is 0.00293 e. The van der Waals surface area contributed by atoms with Gasteiger partial charge in [0.25, 0.3) is 0 Å². The molecular weight excluding hydrogens is 216 g/mol. The van der Waals surface area contributed by atoms with Crippen LogP contribution in [0.2, 0.25) is 0 Å². The van der Waals surface area contributed by atoms with Crippen LogP contribution in [0.4, 0.5) is 0 Å². The first-order valence-electron chi connectivity index (χ1n) is 6.59. The summed E-state index contributed by atoms with van der Waals surface area (Å²) in [6, 6.07) is 0. The first-order valence-corrected chi connectivity index (χ1v) is 6.59. The van der Waals surface area contributed by atoms with Gasteiger partial charge in [0.05, 0.1) is 0 Å². The van der Waals surface area contributed by atoms with Gasteiger partial charge < -0.3 is 0 Å². The largest absolute Gasteiger partial charge is 0.125 e. The minimum Gasteiger partial charge on any atom is -0.125 e. The Morgan fingerprint density at radius 1 is 1.06 bits per heavy atom. The Labute approximate surface area is 112 Å². The summed E-state index contributed by atoms with van der Waals surface area (Å²) in [5.74, 6) is 6.04. The molecule has 0 heterocycles. The average Bonchev–Trinajstić information content (AvgIpc) is 2.39. The van der Waals surface area contributed by atoms with Gasteiger partial charge in [0.1, 0.15) is 0 Å². The van der Waals surface area contributed by atoms with Crippen molar-refractivity contribution in [1.82, 2.24) is 0 Å². The fourth-order valence-electron chi connectivity index (χ4n) is 1.44. The third-order valence-electron chi connectivity index (χ3n) is 2.41. The van der Waals surface area contributed by atoms with E-state index in [9.17, 15) is 0 Å². The Hall–Kier alpha value is -1.70. The molecule has 18 heavy (non-hydrogen) atoms. The first-order chi connectivity index (χ1) is 8.85. The van der Waals surface area contributed by atoms with Crippen LogP contribution in [-0.2, 0) is 0 Å². The van der Waals surface area contributed by atoms with Crippen LogP contribution in [0.1, 0.15) is 45.4 Å². The molecule has 0 heteroatoms. The number of hydrogen-bond acceptors (Lipinski definition) is 0. The van der Waals surface area contributed by atoms with Crippen LogP contribution < -0.4 is 0 Å². The standard InChI is InChI=1S/C18H24/c1-4-7-9-10-11-12-13-14-17-18(15-6-3)16-8-5-2/h4-5,12,14,17H,1-2,7-11,16H2,3H3/b18-17+. The van der Waals surface area contributed by atoms with E-state index in [1.165, 1.54) is 12.8 Å². The second-order valence-corrected chi connectivity index (χ2v) is 4.00.